The summed E-state index contributed by atoms with van der Waals surface area (Å²) in [6.45, 7) is 1.67. The van der Waals surface area contributed by atoms with E-state index in [1.807, 2.05) is 17.0 Å². The molecule has 3 aromatic rings. The van der Waals surface area contributed by atoms with Gasteiger partial charge in [0.1, 0.15) is 5.65 Å². The van der Waals surface area contributed by atoms with Gasteiger partial charge in [0, 0.05) is 30.9 Å². The number of piperidine rings is 1. The number of carbonyl (C=O) groups is 1. The lowest BCUT2D eigenvalue weighted by atomic mass is 9.90. The Balaban J connectivity index is 1.41. The summed E-state index contributed by atoms with van der Waals surface area (Å²) in [6, 6.07) is 14.5. The molecule has 1 N–H and O–H groups in total. The molecule has 3 heterocycles. The zero-order valence-corrected chi connectivity index (χ0v) is 13.6. The second-order valence-corrected chi connectivity index (χ2v) is 6.53. The highest BCUT2D eigenvalue weighted by molar-refractivity contribution is 6.05. The molecule has 1 aliphatic heterocycles. The second-order valence-electron chi connectivity index (χ2n) is 6.53. The van der Waals surface area contributed by atoms with Crippen LogP contribution in [0.1, 0.15) is 28.8 Å². The lowest BCUT2D eigenvalue weighted by Gasteiger charge is -2.32. The Morgan fingerprint density at radius 2 is 1.92 bits per heavy atom. The maximum Gasteiger partial charge on any atom is 0.256 e. The minimum Gasteiger partial charge on any atom is -0.345 e. The highest BCUT2D eigenvalue weighted by atomic mass is 16.2. The van der Waals surface area contributed by atoms with Crippen LogP contribution in [0.15, 0.2) is 54.9 Å². The minimum absolute atomic E-state index is 0.118. The number of likely N-dealkylation sites (tertiary alicyclic amines) is 1. The van der Waals surface area contributed by atoms with E-state index >= 15 is 0 Å². The predicted molar refractivity (Wildman–Crippen MR) is 94.9 cm³/mol. The maximum absolute atomic E-state index is 12.8. The predicted octanol–water partition coefficient (Wildman–Crippen LogP) is 3.66. The third-order valence-electron chi connectivity index (χ3n) is 4.95. The van der Waals surface area contributed by atoms with Crippen LogP contribution in [-0.2, 0) is 6.42 Å². The van der Waals surface area contributed by atoms with Crippen molar-refractivity contribution in [3.63, 3.8) is 0 Å². The Kier molecular flexibility index (Phi) is 4.03. The van der Waals surface area contributed by atoms with E-state index in [1.165, 1.54) is 5.56 Å². The van der Waals surface area contributed by atoms with Crippen molar-refractivity contribution in [2.45, 2.75) is 19.3 Å². The van der Waals surface area contributed by atoms with Gasteiger partial charge < -0.3 is 9.88 Å². The normalized spacial score (nSPS) is 15.8. The number of fused-ring (bicyclic) bond motifs is 1. The van der Waals surface area contributed by atoms with E-state index in [0.717, 1.165) is 48.9 Å². The Hall–Kier alpha value is -2.62. The molecule has 1 aliphatic rings. The molecule has 0 spiro atoms. The number of aromatic amines is 1. The average Bonchev–Trinajstić information content (AvgIpc) is 3.07. The molecule has 122 valence electrons. The van der Waals surface area contributed by atoms with Crippen molar-refractivity contribution in [2.24, 2.45) is 5.92 Å². The topological polar surface area (TPSA) is 49.0 Å². The first-order valence-electron chi connectivity index (χ1n) is 8.56. The average molecular weight is 319 g/mol. The van der Waals surface area contributed by atoms with Crippen LogP contribution < -0.4 is 0 Å². The summed E-state index contributed by atoms with van der Waals surface area (Å²) in [5.41, 5.74) is 2.91. The first-order chi connectivity index (χ1) is 11.8. The van der Waals surface area contributed by atoms with Gasteiger partial charge in [-0.3, -0.25) is 4.79 Å². The van der Waals surface area contributed by atoms with Crippen molar-refractivity contribution in [2.75, 3.05) is 13.1 Å². The molecule has 0 bridgehead atoms. The van der Waals surface area contributed by atoms with Crippen LogP contribution in [0.4, 0.5) is 0 Å². The van der Waals surface area contributed by atoms with Gasteiger partial charge in [-0.15, -0.1) is 0 Å². The van der Waals surface area contributed by atoms with E-state index in [4.69, 9.17) is 0 Å². The summed E-state index contributed by atoms with van der Waals surface area (Å²) in [5.74, 6) is 0.786. The molecule has 1 saturated heterocycles. The van der Waals surface area contributed by atoms with Crippen molar-refractivity contribution in [1.29, 1.82) is 0 Å². The van der Waals surface area contributed by atoms with Gasteiger partial charge in [-0.25, -0.2) is 4.98 Å². The van der Waals surface area contributed by atoms with Gasteiger partial charge in [0.05, 0.1) is 5.56 Å². The van der Waals surface area contributed by atoms with E-state index in [1.54, 1.807) is 12.4 Å². The molecule has 0 atom stereocenters. The number of nitrogens with one attached hydrogen (secondary N) is 1. The second kappa shape index (κ2) is 6.48. The van der Waals surface area contributed by atoms with Gasteiger partial charge in [0.2, 0.25) is 0 Å². The Labute approximate surface area is 141 Å². The van der Waals surface area contributed by atoms with Gasteiger partial charge in [-0.2, -0.15) is 0 Å². The Morgan fingerprint density at radius 1 is 1.12 bits per heavy atom. The molecule has 1 amide bonds. The fraction of sp³-hybridized carbons (Fsp3) is 0.300. The zero-order valence-electron chi connectivity index (χ0n) is 13.6. The van der Waals surface area contributed by atoms with E-state index in [2.05, 4.69) is 40.3 Å². The number of rotatable bonds is 3. The molecule has 2 aromatic heterocycles. The van der Waals surface area contributed by atoms with Crippen LogP contribution in [0.5, 0.6) is 0 Å². The molecular formula is C20H21N3O. The zero-order chi connectivity index (χ0) is 16.4. The van der Waals surface area contributed by atoms with E-state index in [0.29, 0.717) is 5.92 Å². The summed E-state index contributed by atoms with van der Waals surface area (Å²) < 4.78 is 0. The number of aromatic nitrogens is 2. The van der Waals surface area contributed by atoms with Crippen molar-refractivity contribution >= 4 is 16.9 Å². The molecule has 0 unspecified atom stereocenters. The molecule has 1 aromatic carbocycles. The summed E-state index contributed by atoms with van der Waals surface area (Å²) in [5, 5.41) is 0.911. The Bertz CT molecular complexity index is 832. The van der Waals surface area contributed by atoms with Crippen molar-refractivity contribution in [3.05, 3.63) is 66.0 Å². The number of nitrogens with zero attached hydrogens (tertiary/aromatic N) is 2. The fourth-order valence-electron chi connectivity index (χ4n) is 3.59. The molecule has 4 nitrogen and oxygen atoms in total. The molecule has 24 heavy (non-hydrogen) atoms. The standard InChI is InChI=1S/C20H21N3O/c24-20(18-14-22-19-17(18)7-4-10-21-19)23-11-8-16(9-12-23)13-15-5-2-1-3-6-15/h1-7,10,14,16H,8-9,11-13H2,(H,21,22). The first kappa shape index (κ1) is 14.9. The van der Waals surface area contributed by atoms with Crippen LogP contribution >= 0.6 is 0 Å². The quantitative estimate of drug-likeness (QED) is 0.801. The highest BCUT2D eigenvalue weighted by Crippen LogP contribution is 2.24. The molecule has 1 fully saturated rings. The van der Waals surface area contributed by atoms with Gasteiger partial charge >= 0.3 is 0 Å². The molecule has 4 rings (SSSR count). The van der Waals surface area contributed by atoms with Crippen LogP contribution in [0.3, 0.4) is 0 Å². The lowest BCUT2D eigenvalue weighted by Crippen LogP contribution is -2.38. The number of benzene rings is 1. The maximum atomic E-state index is 12.8. The minimum atomic E-state index is 0.118. The van der Waals surface area contributed by atoms with E-state index < -0.39 is 0 Å². The number of pyridine rings is 1. The molecule has 0 radical (unpaired) electrons. The SMILES string of the molecule is O=C(c1c[nH]c2ncccc12)N1CCC(Cc2ccccc2)CC1. The summed E-state index contributed by atoms with van der Waals surface area (Å²) in [7, 11) is 0. The highest BCUT2D eigenvalue weighted by Gasteiger charge is 2.25. The van der Waals surface area contributed by atoms with E-state index in [-0.39, 0.29) is 5.91 Å². The van der Waals surface area contributed by atoms with Gasteiger partial charge in [-0.1, -0.05) is 30.3 Å². The lowest BCUT2D eigenvalue weighted by molar-refractivity contribution is 0.0692. The van der Waals surface area contributed by atoms with Crippen LogP contribution in [0, 0.1) is 5.92 Å². The van der Waals surface area contributed by atoms with Crippen molar-refractivity contribution < 1.29 is 4.79 Å². The third kappa shape index (κ3) is 2.92. The monoisotopic (exact) mass is 319 g/mol. The summed E-state index contributed by atoms with van der Waals surface area (Å²) in [6.07, 6.45) is 6.78. The number of H-pyrrole nitrogens is 1. The molecule has 4 heteroatoms. The van der Waals surface area contributed by atoms with Gasteiger partial charge in [-0.05, 0) is 42.9 Å². The van der Waals surface area contributed by atoms with Crippen LogP contribution in [-0.4, -0.2) is 33.9 Å². The Morgan fingerprint density at radius 3 is 2.71 bits per heavy atom. The van der Waals surface area contributed by atoms with E-state index in [9.17, 15) is 4.79 Å². The van der Waals surface area contributed by atoms with Crippen molar-refractivity contribution in [3.8, 4) is 0 Å². The largest absolute Gasteiger partial charge is 0.345 e. The van der Waals surface area contributed by atoms with Gasteiger partial charge in [0.25, 0.3) is 5.91 Å². The number of carbonyl (C=O) groups excluding carboxylic acids is 1. The van der Waals surface area contributed by atoms with Crippen molar-refractivity contribution in [1.82, 2.24) is 14.9 Å². The first-order valence-corrected chi connectivity index (χ1v) is 8.56. The third-order valence-corrected chi connectivity index (χ3v) is 4.95. The number of amides is 1. The molecule has 0 saturated carbocycles. The van der Waals surface area contributed by atoms with Crippen LogP contribution in [0.2, 0.25) is 0 Å². The summed E-state index contributed by atoms with van der Waals surface area (Å²) in [4.78, 5) is 22.2. The molecular weight excluding hydrogens is 298 g/mol. The smallest absolute Gasteiger partial charge is 0.256 e. The fourth-order valence-corrected chi connectivity index (χ4v) is 3.59. The number of hydrogen-bond acceptors (Lipinski definition) is 2. The van der Waals surface area contributed by atoms with Gasteiger partial charge in [0.15, 0.2) is 0 Å². The molecule has 0 aliphatic carbocycles. The number of hydrogen-bond donors (Lipinski definition) is 1. The summed E-state index contributed by atoms with van der Waals surface area (Å²) >= 11 is 0. The van der Waals surface area contributed by atoms with Crippen LogP contribution in [0.25, 0.3) is 11.0 Å².